The fraction of sp³-hybridized carbons (Fsp3) is 0.583. The summed E-state index contributed by atoms with van der Waals surface area (Å²) in [5.41, 5.74) is 0. The molecule has 1 aromatic rings. The van der Waals surface area contributed by atoms with E-state index in [1.807, 2.05) is 26.1 Å². The van der Waals surface area contributed by atoms with Gasteiger partial charge in [0.15, 0.2) is 0 Å². The van der Waals surface area contributed by atoms with Gasteiger partial charge in [-0.05, 0) is 32.9 Å². The first-order chi connectivity index (χ1) is 7.81. The summed E-state index contributed by atoms with van der Waals surface area (Å²) in [4.78, 5) is 4.17. The lowest BCUT2D eigenvalue weighted by atomic mass is 9.89. The van der Waals surface area contributed by atoms with E-state index >= 15 is 0 Å². The minimum atomic E-state index is 0.293. The molecule has 0 unspecified atom stereocenters. The van der Waals surface area contributed by atoms with Crippen LogP contribution in [0.1, 0.15) is 19.8 Å². The highest BCUT2D eigenvalue weighted by atomic mass is 16.5. The third-order valence-electron chi connectivity index (χ3n) is 2.81. The summed E-state index contributed by atoms with van der Waals surface area (Å²) in [7, 11) is 1.98. The van der Waals surface area contributed by atoms with Crippen molar-refractivity contribution in [3.05, 3.63) is 18.3 Å². The topological polar surface area (TPSA) is 43.4 Å². The van der Waals surface area contributed by atoms with Gasteiger partial charge in [0, 0.05) is 18.3 Å². The summed E-state index contributed by atoms with van der Waals surface area (Å²) in [6.07, 6.45) is 4.12. The molecule has 0 amide bonds. The van der Waals surface area contributed by atoms with Crippen LogP contribution >= 0.6 is 0 Å². The van der Waals surface area contributed by atoms with Crippen LogP contribution in [-0.2, 0) is 0 Å². The van der Waals surface area contributed by atoms with Crippen molar-refractivity contribution in [1.82, 2.24) is 10.3 Å². The molecule has 0 atom stereocenters. The van der Waals surface area contributed by atoms with Crippen molar-refractivity contribution in [3.63, 3.8) is 0 Å². The van der Waals surface area contributed by atoms with Gasteiger partial charge in [0.1, 0.15) is 11.9 Å². The van der Waals surface area contributed by atoms with Gasteiger partial charge in [-0.3, -0.25) is 0 Å². The molecule has 88 valence electrons. The van der Waals surface area contributed by atoms with E-state index in [4.69, 9.17) is 9.47 Å². The molecule has 1 aromatic heterocycles. The van der Waals surface area contributed by atoms with E-state index in [9.17, 15) is 0 Å². The predicted octanol–water partition coefficient (Wildman–Crippen LogP) is 1.61. The number of ether oxygens (including phenoxy) is 2. The van der Waals surface area contributed by atoms with Crippen molar-refractivity contribution >= 4 is 0 Å². The van der Waals surface area contributed by atoms with E-state index in [-0.39, 0.29) is 0 Å². The Hall–Kier alpha value is -1.29. The fourth-order valence-corrected chi connectivity index (χ4v) is 1.78. The Labute approximate surface area is 96.0 Å². The first-order valence-corrected chi connectivity index (χ1v) is 5.74. The van der Waals surface area contributed by atoms with Crippen LogP contribution in [0, 0.1) is 0 Å². The van der Waals surface area contributed by atoms with Crippen LogP contribution in [0.15, 0.2) is 18.3 Å². The Balaban J connectivity index is 1.87. The van der Waals surface area contributed by atoms with Crippen LogP contribution in [0.2, 0.25) is 0 Å². The van der Waals surface area contributed by atoms with Crippen molar-refractivity contribution in [3.8, 4) is 11.6 Å². The molecule has 0 bridgehead atoms. The molecule has 1 aliphatic carbocycles. The average Bonchev–Trinajstić information content (AvgIpc) is 2.24. The highest BCUT2D eigenvalue weighted by Gasteiger charge is 2.29. The second-order valence-corrected chi connectivity index (χ2v) is 3.96. The van der Waals surface area contributed by atoms with E-state index in [1.165, 1.54) is 0 Å². The van der Waals surface area contributed by atoms with Crippen LogP contribution in [0.3, 0.4) is 0 Å². The third kappa shape index (κ3) is 2.64. The molecule has 0 saturated heterocycles. The van der Waals surface area contributed by atoms with Crippen LogP contribution in [-0.4, -0.2) is 30.8 Å². The quantitative estimate of drug-likeness (QED) is 0.822. The summed E-state index contributed by atoms with van der Waals surface area (Å²) in [5, 5.41) is 3.22. The number of aromatic nitrogens is 1. The summed E-state index contributed by atoms with van der Waals surface area (Å²) in [5.74, 6) is 1.47. The molecule has 1 fully saturated rings. The molecule has 1 aliphatic rings. The molecule has 16 heavy (non-hydrogen) atoms. The normalized spacial score (nSPS) is 23.6. The average molecular weight is 222 g/mol. The van der Waals surface area contributed by atoms with Gasteiger partial charge >= 0.3 is 0 Å². The molecule has 1 saturated carbocycles. The van der Waals surface area contributed by atoms with Crippen molar-refractivity contribution in [1.29, 1.82) is 0 Å². The molecule has 0 spiro atoms. The lowest BCUT2D eigenvalue weighted by Crippen LogP contribution is -2.45. The summed E-state index contributed by atoms with van der Waals surface area (Å²) < 4.78 is 11.1. The van der Waals surface area contributed by atoms with E-state index in [0.717, 1.165) is 18.6 Å². The lowest BCUT2D eigenvalue weighted by Gasteiger charge is -2.34. The van der Waals surface area contributed by atoms with Gasteiger partial charge < -0.3 is 14.8 Å². The Morgan fingerprint density at radius 2 is 2.31 bits per heavy atom. The van der Waals surface area contributed by atoms with Gasteiger partial charge in [0.05, 0.1) is 6.61 Å². The molecule has 0 aliphatic heterocycles. The summed E-state index contributed by atoms with van der Waals surface area (Å²) in [6.45, 7) is 2.62. The lowest BCUT2D eigenvalue weighted by molar-refractivity contribution is 0.0836. The van der Waals surface area contributed by atoms with Crippen LogP contribution in [0.4, 0.5) is 0 Å². The Morgan fingerprint density at radius 3 is 3.00 bits per heavy atom. The van der Waals surface area contributed by atoms with Crippen molar-refractivity contribution in [2.24, 2.45) is 0 Å². The van der Waals surface area contributed by atoms with Gasteiger partial charge in [0.2, 0.25) is 5.88 Å². The van der Waals surface area contributed by atoms with Gasteiger partial charge in [0.25, 0.3) is 0 Å². The number of hydrogen-bond donors (Lipinski definition) is 1. The predicted molar refractivity (Wildman–Crippen MR) is 61.9 cm³/mol. The number of rotatable bonds is 5. The Kier molecular flexibility index (Phi) is 3.62. The molecule has 2 rings (SSSR count). The minimum Gasteiger partial charge on any atom is -0.494 e. The first kappa shape index (κ1) is 11.2. The smallest absolute Gasteiger partial charge is 0.217 e. The highest BCUT2D eigenvalue weighted by Crippen LogP contribution is 2.26. The standard InChI is InChI=1S/C12H18N2O2/c1-3-15-10-4-5-14-12(8-10)16-11-6-9(7-11)13-2/h4-5,8-9,11,13H,3,6-7H2,1-2H3/t9-,11+. The van der Waals surface area contributed by atoms with Gasteiger partial charge in [-0.1, -0.05) is 0 Å². The Bertz CT molecular complexity index is 338. The first-order valence-electron chi connectivity index (χ1n) is 5.74. The second-order valence-electron chi connectivity index (χ2n) is 3.96. The van der Waals surface area contributed by atoms with Gasteiger partial charge in [-0.2, -0.15) is 0 Å². The number of pyridine rings is 1. The number of nitrogens with zero attached hydrogens (tertiary/aromatic N) is 1. The molecular formula is C12H18N2O2. The van der Waals surface area contributed by atoms with Crippen LogP contribution in [0.5, 0.6) is 11.6 Å². The molecular weight excluding hydrogens is 204 g/mol. The van der Waals surface area contributed by atoms with Crippen molar-refractivity contribution in [2.75, 3.05) is 13.7 Å². The monoisotopic (exact) mass is 222 g/mol. The van der Waals surface area contributed by atoms with Crippen molar-refractivity contribution < 1.29 is 9.47 Å². The van der Waals surface area contributed by atoms with Gasteiger partial charge in [-0.15, -0.1) is 0 Å². The van der Waals surface area contributed by atoms with E-state index in [2.05, 4.69) is 10.3 Å². The number of nitrogens with one attached hydrogen (secondary N) is 1. The van der Waals surface area contributed by atoms with E-state index in [0.29, 0.717) is 24.6 Å². The number of hydrogen-bond acceptors (Lipinski definition) is 4. The van der Waals surface area contributed by atoms with Crippen LogP contribution in [0.25, 0.3) is 0 Å². The largest absolute Gasteiger partial charge is 0.494 e. The zero-order chi connectivity index (χ0) is 11.4. The second kappa shape index (κ2) is 5.16. The van der Waals surface area contributed by atoms with E-state index < -0.39 is 0 Å². The maximum absolute atomic E-state index is 5.74. The zero-order valence-electron chi connectivity index (χ0n) is 9.77. The molecule has 0 aromatic carbocycles. The third-order valence-corrected chi connectivity index (χ3v) is 2.81. The van der Waals surface area contributed by atoms with E-state index in [1.54, 1.807) is 6.20 Å². The molecule has 4 nitrogen and oxygen atoms in total. The van der Waals surface area contributed by atoms with Gasteiger partial charge in [-0.25, -0.2) is 4.98 Å². The SMILES string of the molecule is CCOc1ccnc(O[C@H]2C[C@@H](NC)C2)c1. The van der Waals surface area contributed by atoms with Crippen LogP contribution < -0.4 is 14.8 Å². The molecule has 4 heteroatoms. The maximum atomic E-state index is 5.74. The minimum absolute atomic E-state index is 0.293. The summed E-state index contributed by atoms with van der Waals surface area (Å²) in [6, 6.07) is 4.28. The van der Waals surface area contributed by atoms with Crippen molar-refractivity contribution in [2.45, 2.75) is 31.9 Å². The molecule has 1 N–H and O–H groups in total. The fourth-order valence-electron chi connectivity index (χ4n) is 1.78. The highest BCUT2D eigenvalue weighted by molar-refractivity contribution is 5.26. The molecule has 1 heterocycles. The maximum Gasteiger partial charge on any atom is 0.217 e. The summed E-state index contributed by atoms with van der Waals surface area (Å²) >= 11 is 0. The Morgan fingerprint density at radius 1 is 1.50 bits per heavy atom. The molecule has 0 radical (unpaired) electrons. The zero-order valence-corrected chi connectivity index (χ0v) is 9.77.